The van der Waals surface area contributed by atoms with Gasteiger partial charge in [0.05, 0.1) is 12.1 Å². The minimum atomic E-state index is -0.189. The van der Waals surface area contributed by atoms with Gasteiger partial charge in [0.2, 0.25) is 0 Å². The van der Waals surface area contributed by atoms with Gasteiger partial charge >= 0.3 is 0 Å². The molecule has 0 fully saturated rings. The van der Waals surface area contributed by atoms with Crippen LogP contribution in [0.4, 0.5) is 5.69 Å². The number of halogens is 1. The maximum Gasteiger partial charge on any atom is 0.255 e. The molecule has 2 aromatic carbocycles. The highest BCUT2D eigenvalue weighted by molar-refractivity contribution is 6.32. The normalized spacial score (nSPS) is 10.3. The summed E-state index contributed by atoms with van der Waals surface area (Å²) >= 11 is 6.04. The number of aryl methyl sites for hydroxylation is 1. The Bertz CT molecular complexity index is 638. The second-order valence-corrected chi connectivity index (χ2v) is 5.51. The van der Waals surface area contributed by atoms with Crippen LogP contribution >= 0.6 is 11.6 Å². The quantitative estimate of drug-likeness (QED) is 0.819. The van der Waals surface area contributed by atoms with Gasteiger partial charge in [0, 0.05) is 11.3 Å². The molecule has 4 heteroatoms. The van der Waals surface area contributed by atoms with Gasteiger partial charge < -0.3 is 10.1 Å². The highest BCUT2D eigenvalue weighted by Gasteiger charge is 2.09. The first-order valence-electron chi connectivity index (χ1n) is 7.38. The Kier molecular flexibility index (Phi) is 5.84. The summed E-state index contributed by atoms with van der Waals surface area (Å²) in [6.45, 7) is 2.18. The molecular formula is C18H20ClNO2. The van der Waals surface area contributed by atoms with Crippen LogP contribution in [0.25, 0.3) is 0 Å². The number of rotatable bonds is 6. The van der Waals surface area contributed by atoms with Crippen LogP contribution in [0.3, 0.4) is 0 Å². The molecule has 1 amide bonds. The van der Waals surface area contributed by atoms with E-state index in [0.717, 1.165) is 12.1 Å². The van der Waals surface area contributed by atoms with Gasteiger partial charge in [-0.2, -0.15) is 0 Å². The first kappa shape index (κ1) is 16.4. The summed E-state index contributed by atoms with van der Waals surface area (Å²) in [4.78, 5) is 12.2. The molecule has 0 saturated heterocycles. The second-order valence-electron chi connectivity index (χ2n) is 5.10. The molecule has 0 saturated carbocycles. The molecule has 0 bridgehead atoms. The maximum atomic E-state index is 12.2. The van der Waals surface area contributed by atoms with Crippen molar-refractivity contribution < 1.29 is 9.53 Å². The first-order valence-corrected chi connectivity index (χ1v) is 7.75. The number of carbonyl (C=O) groups excluding carboxylic acids is 1. The molecule has 2 aromatic rings. The Morgan fingerprint density at radius 1 is 1.18 bits per heavy atom. The zero-order valence-corrected chi connectivity index (χ0v) is 13.6. The van der Waals surface area contributed by atoms with Crippen molar-refractivity contribution in [2.75, 3.05) is 12.4 Å². The Morgan fingerprint density at radius 2 is 1.91 bits per heavy atom. The molecule has 2 rings (SSSR count). The topological polar surface area (TPSA) is 38.3 Å². The molecule has 0 heterocycles. The number of ether oxygens (including phenoxy) is 1. The average molecular weight is 318 g/mol. The lowest BCUT2D eigenvalue weighted by molar-refractivity contribution is 0.102. The Hall–Kier alpha value is -2.00. The van der Waals surface area contributed by atoms with E-state index in [2.05, 4.69) is 12.2 Å². The number of nitrogens with one attached hydrogen (secondary N) is 1. The van der Waals surface area contributed by atoms with Crippen LogP contribution < -0.4 is 10.1 Å². The fourth-order valence-corrected chi connectivity index (χ4v) is 2.40. The lowest BCUT2D eigenvalue weighted by Gasteiger charge is -2.08. The van der Waals surface area contributed by atoms with Crippen LogP contribution in [0.5, 0.6) is 5.75 Å². The fourth-order valence-electron chi connectivity index (χ4n) is 2.15. The van der Waals surface area contributed by atoms with Gasteiger partial charge in [-0.15, -0.1) is 0 Å². The van der Waals surface area contributed by atoms with E-state index in [1.54, 1.807) is 25.3 Å². The number of hydrogen-bond donors (Lipinski definition) is 1. The van der Waals surface area contributed by atoms with Gasteiger partial charge in [0.1, 0.15) is 5.75 Å². The third kappa shape index (κ3) is 4.25. The lowest BCUT2D eigenvalue weighted by Crippen LogP contribution is -2.11. The van der Waals surface area contributed by atoms with Gasteiger partial charge in [-0.05, 0) is 48.7 Å². The number of carbonyl (C=O) groups is 1. The number of anilines is 1. The largest absolute Gasteiger partial charge is 0.495 e. The van der Waals surface area contributed by atoms with E-state index in [1.165, 1.54) is 18.4 Å². The summed E-state index contributed by atoms with van der Waals surface area (Å²) in [5.41, 5.74) is 2.56. The highest BCUT2D eigenvalue weighted by Crippen LogP contribution is 2.25. The fraction of sp³-hybridized carbons (Fsp3) is 0.278. The molecule has 3 nitrogen and oxygen atoms in total. The molecule has 0 aliphatic carbocycles. The molecule has 1 N–H and O–H groups in total. The van der Waals surface area contributed by atoms with Crippen molar-refractivity contribution in [3.63, 3.8) is 0 Å². The molecule has 0 spiro atoms. The standard InChI is InChI=1S/C18H20ClNO2/c1-3-4-5-13-6-9-15(10-7-13)20-18(21)14-8-11-17(22-2)16(19)12-14/h6-12H,3-5H2,1-2H3,(H,20,21). The van der Waals surface area contributed by atoms with Crippen LogP contribution in [0.15, 0.2) is 42.5 Å². The van der Waals surface area contributed by atoms with Crippen molar-refractivity contribution in [1.82, 2.24) is 0 Å². The maximum absolute atomic E-state index is 12.2. The SMILES string of the molecule is CCCCc1ccc(NC(=O)c2ccc(OC)c(Cl)c2)cc1. The predicted molar refractivity (Wildman–Crippen MR) is 91.0 cm³/mol. The van der Waals surface area contributed by atoms with Crippen molar-refractivity contribution in [2.45, 2.75) is 26.2 Å². The lowest BCUT2D eigenvalue weighted by atomic mass is 10.1. The van der Waals surface area contributed by atoms with E-state index >= 15 is 0 Å². The van der Waals surface area contributed by atoms with Crippen molar-refractivity contribution in [2.24, 2.45) is 0 Å². The van der Waals surface area contributed by atoms with Crippen LogP contribution in [0.2, 0.25) is 5.02 Å². The second kappa shape index (κ2) is 7.85. The molecule has 22 heavy (non-hydrogen) atoms. The van der Waals surface area contributed by atoms with Crippen LogP contribution in [0.1, 0.15) is 35.7 Å². The van der Waals surface area contributed by atoms with Gasteiger partial charge in [-0.3, -0.25) is 4.79 Å². The van der Waals surface area contributed by atoms with Crippen LogP contribution in [-0.2, 0) is 6.42 Å². The minimum Gasteiger partial charge on any atom is -0.495 e. The summed E-state index contributed by atoms with van der Waals surface area (Å²) in [5.74, 6) is 0.365. The molecule has 0 unspecified atom stereocenters. The number of methoxy groups -OCH3 is 1. The molecule has 0 aliphatic rings. The summed E-state index contributed by atoms with van der Waals surface area (Å²) < 4.78 is 5.08. The third-order valence-corrected chi connectivity index (χ3v) is 3.74. The number of benzene rings is 2. The van der Waals surface area contributed by atoms with Crippen molar-refractivity contribution in [3.8, 4) is 5.75 Å². The van der Waals surface area contributed by atoms with E-state index < -0.39 is 0 Å². The molecule has 116 valence electrons. The van der Waals surface area contributed by atoms with E-state index in [1.807, 2.05) is 24.3 Å². The smallest absolute Gasteiger partial charge is 0.255 e. The zero-order valence-electron chi connectivity index (χ0n) is 12.9. The summed E-state index contributed by atoms with van der Waals surface area (Å²) in [5, 5.41) is 3.29. The van der Waals surface area contributed by atoms with E-state index in [4.69, 9.17) is 16.3 Å². The van der Waals surface area contributed by atoms with Crippen LogP contribution in [0, 0.1) is 0 Å². The Balaban J connectivity index is 2.03. The molecule has 0 aliphatic heterocycles. The van der Waals surface area contributed by atoms with Crippen LogP contribution in [-0.4, -0.2) is 13.0 Å². The number of hydrogen-bond acceptors (Lipinski definition) is 2. The molecule has 0 radical (unpaired) electrons. The van der Waals surface area contributed by atoms with E-state index in [-0.39, 0.29) is 5.91 Å². The predicted octanol–water partition coefficient (Wildman–Crippen LogP) is 4.94. The monoisotopic (exact) mass is 317 g/mol. The van der Waals surface area contributed by atoms with Crippen molar-refractivity contribution in [1.29, 1.82) is 0 Å². The number of unbranched alkanes of at least 4 members (excludes halogenated alkanes) is 1. The van der Waals surface area contributed by atoms with Gasteiger partial charge in [-0.25, -0.2) is 0 Å². The van der Waals surface area contributed by atoms with E-state index in [9.17, 15) is 4.79 Å². The van der Waals surface area contributed by atoms with Crippen molar-refractivity contribution in [3.05, 3.63) is 58.6 Å². The Morgan fingerprint density at radius 3 is 2.50 bits per heavy atom. The molecular weight excluding hydrogens is 298 g/mol. The zero-order chi connectivity index (χ0) is 15.9. The molecule has 0 atom stereocenters. The summed E-state index contributed by atoms with van der Waals surface area (Å²) in [6, 6.07) is 12.9. The first-order chi connectivity index (χ1) is 10.6. The summed E-state index contributed by atoms with van der Waals surface area (Å²) in [7, 11) is 1.54. The van der Waals surface area contributed by atoms with Gasteiger partial charge in [0.25, 0.3) is 5.91 Å². The van der Waals surface area contributed by atoms with E-state index in [0.29, 0.717) is 16.3 Å². The number of amides is 1. The summed E-state index contributed by atoms with van der Waals surface area (Å²) in [6.07, 6.45) is 3.42. The van der Waals surface area contributed by atoms with Crippen molar-refractivity contribution >= 4 is 23.2 Å². The highest BCUT2D eigenvalue weighted by atomic mass is 35.5. The third-order valence-electron chi connectivity index (χ3n) is 3.44. The van der Waals surface area contributed by atoms with Gasteiger partial charge in [0.15, 0.2) is 0 Å². The molecule has 0 aromatic heterocycles. The average Bonchev–Trinajstić information content (AvgIpc) is 2.54. The minimum absolute atomic E-state index is 0.189. The Labute approximate surface area is 136 Å². The van der Waals surface area contributed by atoms with Gasteiger partial charge in [-0.1, -0.05) is 37.1 Å².